The van der Waals surface area contributed by atoms with Gasteiger partial charge in [0.1, 0.15) is 36.4 Å². The Kier molecular flexibility index (Phi) is 29.7. The first kappa shape index (κ1) is 55.2. The first-order chi connectivity index (χ1) is 30.8. The molecule has 0 aliphatic carbocycles. The van der Waals surface area contributed by atoms with E-state index in [-0.39, 0.29) is 134 Å². The molecule has 0 saturated heterocycles. The van der Waals surface area contributed by atoms with Crippen LogP contribution in [0.2, 0.25) is 0 Å². The minimum atomic E-state index is -0.877. The molecule has 0 aliphatic heterocycles. The average Bonchev–Trinajstić information content (AvgIpc) is 3.26. The van der Waals surface area contributed by atoms with E-state index in [0.29, 0.717) is 44.9 Å². The summed E-state index contributed by atoms with van der Waals surface area (Å²) in [5.74, 6) is -0.860. The highest BCUT2D eigenvalue weighted by molar-refractivity contribution is 5.84. The second kappa shape index (κ2) is 34.5. The molecule has 0 bridgehead atoms. The van der Waals surface area contributed by atoms with E-state index >= 15 is 0 Å². The number of nitrogens with one attached hydrogen (secondary N) is 3. The molecule has 2 aromatic carbocycles. The molecule has 3 amide bonds. The number of hydrogen-bond donors (Lipinski definition) is 3. The van der Waals surface area contributed by atoms with Gasteiger partial charge >= 0.3 is 11.9 Å². The first-order valence-corrected chi connectivity index (χ1v) is 22.2. The van der Waals surface area contributed by atoms with Crippen molar-refractivity contribution in [1.29, 1.82) is 0 Å². The summed E-state index contributed by atoms with van der Waals surface area (Å²) in [5, 5.41) is 8.27. The lowest BCUT2D eigenvalue weighted by Crippen LogP contribution is -2.43. The number of esters is 2. The summed E-state index contributed by atoms with van der Waals surface area (Å²) in [6.07, 6.45) is 2.89. The molecular formula is C47H71N3O14. The molecule has 3 N–H and O–H groups in total. The molecule has 0 heterocycles. The number of carbonyl (C=O) groups excluding carboxylic acids is 6. The molecule has 17 heteroatoms. The second-order valence-corrected chi connectivity index (χ2v) is 15.7. The van der Waals surface area contributed by atoms with E-state index in [2.05, 4.69) is 16.0 Å². The SMILES string of the molecule is CCCOCCC(=O)N[C@@H](Cc1ccc(OCCOCCC(=O)NCCOCCC(=O)CCCOCCC(=O)NCCOCCC(=O)OC(C)(C)C)cc1)C(=O)OCc1ccccc1. The Bertz CT molecular complexity index is 1620. The number of benzene rings is 2. The van der Waals surface area contributed by atoms with Crippen molar-refractivity contribution in [2.45, 2.75) is 104 Å². The van der Waals surface area contributed by atoms with Crippen LogP contribution in [0.25, 0.3) is 0 Å². The highest BCUT2D eigenvalue weighted by Crippen LogP contribution is 2.15. The number of rotatable bonds is 37. The van der Waals surface area contributed by atoms with Gasteiger partial charge in [0, 0.05) is 64.8 Å². The van der Waals surface area contributed by atoms with Crippen LogP contribution in [-0.2, 0) is 75.0 Å². The maximum absolute atomic E-state index is 13.0. The lowest BCUT2D eigenvalue weighted by atomic mass is 10.1. The number of Topliss-reactive ketones (excluding diaryl/α,β-unsaturated/α-hetero) is 1. The fourth-order valence-corrected chi connectivity index (χ4v) is 5.55. The van der Waals surface area contributed by atoms with Crippen molar-refractivity contribution in [1.82, 2.24) is 16.0 Å². The van der Waals surface area contributed by atoms with Gasteiger partial charge < -0.3 is 53.8 Å². The van der Waals surface area contributed by atoms with Crippen LogP contribution in [0.15, 0.2) is 54.6 Å². The molecule has 0 radical (unpaired) electrons. The van der Waals surface area contributed by atoms with Crippen molar-refractivity contribution in [3.05, 3.63) is 65.7 Å². The molecule has 2 rings (SSSR count). The van der Waals surface area contributed by atoms with Gasteiger partial charge in [-0.3, -0.25) is 24.0 Å². The molecule has 0 aliphatic rings. The predicted molar refractivity (Wildman–Crippen MR) is 237 cm³/mol. The number of amides is 3. The highest BCUT2D eigenvalue weighted by Gasteiger charge is 2.23. The number of carbonyl (C=O) groups is 6. The minimum Gasteiger partial charge on any atom is -0.491 e. The van der Waals surface area contributed by atoms with Crippen molar-refractivity contribution >= 4 is 35.4 Å². The number of ether oxygens (including phenoxy) is 8. The topological polar surface area (TPSA) is 212 Å². The van der Waals surface area contributed by atoms with E-state index in [9.17, 15) is 28.8 Å². The van der Waals surface area contributed by atoms with E-state index in [0.717, 1.165) is 17.5 Å². The minimum absolute atomic E-state index is 0.0456. The van der Waals surface area contributed by atoms with Crippen LogP contribution >= 0.6 is 0 Å². The lowest BCUT2D eigenvalue weighted by molar-refractivity contribution is -0.156. The summed E-state index contributed by atoms with van der Waals surface area (Å²) in [4.78, 5) is 73.4. The maximum Gasteiger partial charge on any atom is 0.329 e. The molecule has 0 fully saturated rings. The Morgan fingerprint density at radius 1 is 0.562 bits per heavy atom. The smallest absolute Gasteiger partial charge is 0.329 e. The van der Waals surface area contributed by atoms with Crippen LogP contribution in [0.1, 0.15) is 90.2 Å². The summed E-state index contributed by atoms with van der Waals surface area (Å²) in [7, 11) is 0. The first-order valence-electron chi connectivity index (χ1n) is 22.2. The molecule has 0 saturated carbocycles. The zero-order valence-electron chi connectivity index (χ0n) is 38.3. The average molecular weight is 902 g/mol. The molecule has 1 atom stereocenters. The summed E-state index contributed by atoms with van der Waals surface area (Å²) in [6.45, 7) is 11.4. The zero-order chi connectivity index (χ0) is 46.7. The maximum atomic E-state index is 13.0. The van der Waals surface area contributed by atoms with Crippen LogP contribution in [-0.4, -0.2) is 133 Å². The van der Waals surface area contributed by atoms with Gasteiger partial charge in [-0.25, -0.2) is 4.79 Å². The molecular weight excluding hydrogens is 831 g/mol. The van der Waals surface area contributed by atoms with Gasteiger partial charge in [-0.15, -0.1) is 0 Å². The quantitative estimate of drug-likeness (QED) is 0.0641. The van der Waals surface area contributed by atoms with Crippen molar-refractivity contribution < 1.29 is 66.7 Å². The fraction of sp³-hybridized carbons (Fsp3) is 0.617. The molecule has 358 valence electrons. The van der Waals surface area contributed by atoms with E-state index in [4.69, 9.17) is 37.9 Å². The third-order valence-electron chi connectivity index (χ3n) is 8.75. The van der Waals surface area contributed by atoms with Gasteiger partial charge in [-0.2, -0.15) is 0 Å². The lowest BCUT2D eigenvalue weighted by Gasteiger charge is -2.19. The summed E-state index contributed by atoms with van der Waals surface area (Å²) < 4.78 is 43.7. The molecule has 17 nitrogen and oxygen atoms in total. The number of ketones is 1. The second-order valence-electron chi connectivity index (χ2n) is 15.7. The van der Waals surface area contributed by atoms with Crippen LogP contribution in [0.3, 0.4) is 0 Å². The largest absolute Gasteiger partial charge is 0.491 e. The van der Waals surface area contributed by atoms with Gasteiger partial charge in [0.05, 0.1) is 59.3 Å². The molecule has 0 aromatic heterocycles. The normalized spacial score (nSPS) is 11.6. The van der Waals surface area contributed by atoms with Gasteiger partial charge in [0.15, 0.2) is 0 Å². The Morgan fingerprint density at radius 2 is 1.12 bits per heavy atom. The monoisotopic (exact) mass is 901 g/mol. The van der Waals surface area contributed by atoms with Gasteiger partial charge in [-0.1, -0.05) is 49.4 Å². The van der Waals surface area contributed by atoms with Crippen LogP contribution < -0.4 is 20.7 Å². The standard InChI is InChI=1S/C47H71N3O14/c1-5-24-57-29-20-44(54)50-41(46(56)63-36-38-10-7-6-8-11-38)35-37-13-15-40(16-14-37)62-34-33-61-28-19-43(53)48-22-31-59-26-17-39(51)12-9-25-58-27-18-42(52)49-23-32-60-30-21-45(55)64-47(2,3)4/h6-8,10-11,13-16,41H,5,9,12,17-36H2,1-4H3,(H,48,53)(H,49,52)(H,50,54)/t41-/m0/s1. The van der Waals surface area contributed by atoms with E-state index in [1.54, 1.807) is 32.9 Å². The van der Waals surface area contributed by atoms with E-state index in [1.807, 2.05) is 49.4 Å². The zero-order valence-corrected chi connectivity index (χ0v) is 38.3. The third kappa shape index (κ3) is 30.2. The Balaban J connectivity index is 1.46. The van der Waals surface area contributed by atoms with Gasteiger partial charge in [-0.05, 0) is 56.9 Å². The van der Waals surface area contributed by atoms with Crippen LogP contribution in [0.4, 0.5) is 0 Å². The highest BCUT2D eigenvalue weighted by atomic mass is 16.6. The summed E-state index contributed by atoms with van der Waals surface area (Å²) in [5.41, 5.74) is 1.12. The van der Waals surface area contributed by atoms with Gasteiger partial charge in [0.2, 0.25) is 17.7 Å². The summed E-state index contributed by atoms with van der Waals surface area (Å²) >= 11 is 0. The Labute approximate surface area is 378 Å². The molecule has 0 spiro atoms. The van der Waals surface area contributed by atoms with Crippen molar-refractivity contribution in [2.75, 3.05) is 85.8 Å². The van der Waals surface area contributed by atoms with Crippen LogP contribution in [0.5, 0.6) is 5.75 Å². The molecule has 64 heavy (non-hydrogen) atoms. The third-order valence-corrected chi connectivity index (χ3v) is 8.75. The predicted octanol–water partition coefficient (Wildman–Crippen LogP) is 4.20. The van der Waals surface area contributed by atoms with E-state index in [1.165, 1.54) is 0 Å². The Morgan fingerprint density at radius 3 is 1.75 bits per heavy atom. The van der Waals surface area contributed by atoms with Crippen LogP contribution in [0, 0.1) is 0 Å². The van der Waals surface area contributed by atoms with E-state index < -0.39 is 17.6 Å². The fourth-order valence-electron chi connectivity index (χ4n) is 5.55. The summed E-state index contributed by atoms with van der Waals surface area (Å²) in [6, 6.07) is 15.6. The van der Waals surface area contributed by atoms with Crippen molar-refractivity contribution in [3.8, 4) is 5.75 Å². The number of hydrogen-bond acceptors (Lipinski definition) is 14. The Hall–Kier alpha value is -4.94. The van der Waals surface area contributed by atoms with Crippen molar-refractivity contribution in [3.63, 3.8) is 0 Å². The van der Waals surface area contributed by atoms with Crippen molar-refractivity contribution in [2.24, 2.45) is 0 Å². The van der Waals surface area contributed by atoms with Gasteiger partial charge in [0.25, 0.3) is 0 Å². The molecule has 0 unspecified atom stereocenters. The molecule has 2 aromatic rings.